The average molecular weight is 356 g/mol. The van der Waals surface area contributed by atoms with Gasteiger partial charge in [-0.3, -0.25) is 10.1 Å². The third-order valence-corrected chi connectivity index (χ3v) is 2.94. The molecule has 138 valence electrons. The normalized spacial score (nSPS) is 18.8. The van der Waals surface area contributed by atoms with Gasteiger partial charge in [-0.25, -0.2) is 9.59 Å². The van der Waals surface area contributed by atoms with Crippen LogP contribution in [0.2, 0.25) is 0 Å². The first-order chi connectivity index (χ1) is 11.2. The second-order valence-electron chi connectivity index (χ2n) is 5.06. The fourth-order valence-corrected chi connectivity index (χ4v) is 1.74. The third-order valence-electron chi connectivity index (χ3n) is 2.94. The number of hydrogen-bond donors (Lipinski definition) is 2. The van der Waals surface area contributed by atoms with E-state index in [1.54, 1.807) is 5.32 Å². The fraction of sp³-hybridized carbons (Fsp3) is 0.769. The lowest BCUT2D eigenvalue weighted by molar-refractivity contribution is -0.160. The number of amides is 3. The van der Waals surface area contributed by atoms with Crippen LogP contribution in [0.15, 0.2) is 0 Å². The maximum absolute atomic E-state index is 11.9. The van der Waals surface area contributed by atoms with Gasteiger partial charge in [-0.2, -0.15) is 13.2 Å². The number of carbonyl (C=O) groups is 3. The first-order valence-electron chi connectivity index (χ1n) is 7.21. The lowest BCUT2D eigenvalue weighted by atomic mass is 10.2. The van der Waals surface area contributed by atoms with Gasteiger partial charge in [0.15, 0.2) is 12.7 Å². The highest BCUT2D eigenvalue weighted by atomic mass is 19.4. The lowest BCUT2D eigenvalue weighted by Crippen LogP contribution is -2.45. The molecule has 0 aliphatic carbocycles. The molecule has 2 N–H and O–H groups in total. The first kappa shape index (κ1) is 20.2. The Balaban J connectivity index is 2.17. The molecule has 1 heterocycles. The highest BCUT2D eigenvalue weighted by Crippen LogP contribution is 2.13. The predicted molar refractivity (Wildman–Crippen MR) is 72.9 cm³/mol. The summed E-state index contributed by atoms with van der Waals surface area (Å²) in [5.41, 5.74) is 0. The molecule has 1 fully saturated rings. The highest BCUT2D eigenvalue weighted by molar-refractivity contribution is 5.95. The molecule has 8 nitrogen and oxygen atoms in total. The zero-order valence-electron chi connectivity index (χ0n) is 13.0. The van der Waals surface area contributed by atoms with E-state index in [0.29, 0.717) is 6.61 Å². The van der Waals surface area contributed by atoms with Crippen LogP contribution in [-0.2, 0) is 23.8 Å². The summed E-state index contributed by atoms with van der Waals surface area (Å²) in [6, 6.07) is -1.34. The van der Waals surface area contributed by atoms with Gasteiger partial charge in [-0.1, -0.05) is 0 Å². The van der Waals surface area contributed by atoms with Gasteiger partial charge in [0.05, 0.1) is 12.7 Å². The Morgan fingerprint density at radius 3 is 2.62 bits per heavy atom. The Hall–Kier alpha value is -1.88. The molecule has 0 bridgehead atoms. The van der Waals surface area contributed by atoms with E-state index in [2.05, 4.69) is 4.74 Å². The Bertz CT molecular complexity index is 451. The van der Waals surface area contributed by atoms with Gasteiger partial charge >= 0.3 is 18.2 Å². The Morgan fingerprint density at radius 2 is 2.04 bits per heavy atom. The largest absolute Gasteiger partial charge is 0.454 e. The minimum atomic E-state index is -4.59. The third kappa shape index (κ3) is 8.67. The van der Waals surface area contributed by atoms with Crippen molar-refractivity contribution >= 4 is 17.9 Å². The molecule has 1 aliphatic heterocycles. The zero-order valence-corrected chi connectivity index (χ0v) is 13.0. The molecule has 0 aromatic carbocycles. The number of rotatable bonds is 7. The van der Waals surface area contributed by atoms with Crippen molar-refractivity contribution in [2.75, 3.05) is 26.4 Å². The van der Waals surface area contributed by atoms with Crippen LogP contribution >= 0.6 is 0 Å². The highest BCUT2D eigenvalue weighted by Gasteiger charge is 2.28. The second kappa shape index (κ2) is 9.42. The molecule has 0 aromatic heterocycles. The van der Waals surface area contributed by atoms with E-state index >= 15 is 0 Å². The van der Waals surface area contributed by atoms with Crippen molar-refractivity contribution in [2.45, 2.75) is 38.1 Å². The van der Waals surface area contributed by atoms with Crippen molar-refractivity contribution in [2.24, 2.45) is 0 Å². The number of hydrogen-bond acceptors (Lipinski definition) is 6. The number of carbonyl (C=O) groups excluding carboxylic acids is 3. The van der Waals surface area contributed by atoms with Gasteiger partial charge in [-0.05, 0) is 19.8 Å². The van der Waals surface area contributed by atoms with E-state index in [1.165, 1.54) is 12.2 Å². The van der Waals surface area contributed by atoms with Crippen LogP contribution in [-0.4, -0.2) is 62.7 Å². The summed E-state index contributed by atoms with van der Waals surface area (Å²) in [6.07, 6.45) is -3.87. The molecule has 0 aromatic rings. The minimum absolute atomic E-state index is 0.0825. The molecule has 0 radical (unpaired) electrons. The number of ether oxygens (including phenoxy) is 3. The van der Waals surface area contributed by atoms with Crippen LogP contribution < -0.4 is 10.6 Å². The molecule has 2 atom stereocenters. The van der Waals surface area contributed by atoms with E-state index in [4.69, 9.17) is 9.47 Å². The maximum Gasteiger partial charge on any atom is 0.405 e. The summed E-state index contributed by atoms with van der Waals surface area (Å²) in [4.78, 5) is 33.9. The standard InChI is InChI=1S/C13H19F3N2O6/c1-8(23-5-9-3-2-4-22-9)11(20)24-6-10(19)18-12(21)17-7-13(14,15)16/h8-9H,2-7H2,1H3,(H2,17,18,19,21). The molecule has 0 saturated carbocycles. The van der Waals surface area contributed by atoms with Crippen LogP contribution in [0.4, 0.5) is 18.0 Å². The molecule has 1 saturated heterocycles. The molecular formula is C13H19F3N2O6. The molecule has 0 spiro atoms. The first-order valence-corrected chi connectivity index (χ1v) is 7.21. The second-order valence-corrected chi connectivity index (χ2v) is 5.06. The minimum Gasteiger partial charge on any atom is -0.454 e. The van der Waals surface area contributed by atoms with Gasteiger partial charge in [0.1, 0.15) is 6.54 Å². The van der Waals surface area contributed by atoms with E-state index in [-0.39, 0.29) is 12.7 Å². The van der Waals surface area contributed by atoms with Gasteiger partial charge in [-0.15, -0.1) is 0 Å². The SMILES string of the molecule is CC(OCC1CCCO1)C(=O)OCC(=O)NC(=O)NCC(F)(F)F. The number of esters is 1. The number of alkyl halides is 3. The van der Waals surface area contributed by atoms with Crippen molar-refractivity contribution in [3.05, 3.63) is 0 Å². The van der Waals surface area contributed by atoms with Crippen molar-refractivity contribution in [3.8, 4) is 0 Å². The van der Waals surface area contributed by atoms with E-state index in [1.807, 2.05) is 0 Å². The maximum atomic E-state index is 11.9. The fourth-order valence-electron chi connectivity index (χ4n) is 1.74. The molecule has 1 rings (SSSR count). The Labute approximate surface area is 136 Å². The summed E-state index contributed by atoms with van der Waals surface area (Å²) < 4.78 is 50.7. The summed E-state index contributed by atoms with van der Waals surface area (Å²) in [5.74, 6) is -1.90. The average Bonchev–Trinajstić information content (AvgIpc) is 3.01. The lowest BCUT2D eigenvalue weighted by Gasteiger charge is -2.15. The van der Waals surface area contributed by atoms with Crippen molar-refractivity contribution in [1.29, 1.82) is 0 Å². The van der Waals surface area contributed by atoms with E-state index < -0.39 is 43.3 Å². The monoisotopic (exact) mass is 356 g/mol. The zero-order chi connectivity index (χ0) is 18.2. The number of nitrogens with one attached hydrogen (secondary N) is 2. The van der Waals surface area contributed by atoms with Crippen molar-refractivity contribution in [1.82, 2.24) is 10.6 Å². The molecule has 24 heavy (non-hydrogen) atoms. The van der Waals surface area contributed by atoms with Crippen molar-refractivity contribution < 1.29 is 41.8 Å². The molecule has 1 aliphatic rings. The number of urea groups is 1. The number of imide groups is 1. The summed E-state index contributed by atoms with van der Waals surface area (Å²) in [7, 11) is 0. The van der Waals surface area contributed by atoms with Crippen LogP contribution in [0.3, 0.4) is 0 Å². The van der Waals surface area contributed by atoms with E-state index in [9.17, 15) is 27.6 Å². The van der Waals surface area contributed by atoms with Gasteiger partial charge in [0.25, 0.3) is 5.91 Å². The van der Waals surface area contributed by atoms with E-state index in [0.717, 1.165) is 12.8 Å². The summed E-state index contributed by atoms with van der Waals surface area (Å²) in [5, 5.41) is 3.04. The smallest absolute Gasteiger partial charge is 0.405 e. The summed E-state index contributed by atoms with van der Waals surface area (Å²) in [6.45, 7) is -0.122. The quantitative estimate of drug-likeness (QED) is 0.644. The summed E-state index contributed by atoms with van der Waals surface area (Å²) >= 11 is 0. The van der Waals surface area contributed by atoms with Gasteiger partial charge < -0.3 is 19.5 Å². The van der Waals surface area contributed by atoms with Gasteiger partial charge in [0, 0.05) is 6.61 Å². The Morgan fingerprint density at radius 1 is 1.33 bits per heavy atom. The van der Waals surface area contributed by atoms with Crippen LogP contribution in [0.5, 0.6) is 0 Å². The van der Waals surface area contributed by atoms with Crippen LogP contribution in [0.25, 0.3) is 0 Å². The van der Waals surface area contributed by atoms with Crippen molar-refractivity contribution in [3.63, 3.8) is 0 Å². The molecular weight excluding hydrogens is 337 g/mol. The van der Waals surface area contributed by atoms with Crippen LogP contribution in [0, 0.1) is 0 Å². The molecule has 3 amide bonds. The Kier molecular flexibility index (Phi) is 7.92. The number of halogens is 3. The topological polar surface area (TPSA) is 103 Å². The predicted octanol–water partition coefficient (Wildman–Crippen LogP) is 0.502. The molecule has 11 heteroatoms. The van der Waals surface area contributed by atoms with Gasteiger partial charge in [0.2, 0.25) is 0 Å². The molecule has 2 unspecified atom stereocenters. The van der Waals surface area contributed by atoms with Crippen LogP contribution in [0.1, 0.15) is 19.8 Å².